The topological polar surface area (TPSA) is 107 Å². The van der Waals surface area contributed by atoms with E-state index in [9.17, 15) is 13.2 Å². The molecular weight excluding hydrogens is 360 g/mol. The number of thioether (sulfide) groups is 1. The molecule has 0 atom stereocenters. The monoisotopic (exact) mass is 376 g/mol. The van der Waals surface area contributed by atoms with E-state index in [1.54, 1.807) is 6.07 Å². The van der Waals surface area contributed by atoms with Crippen LogP contribution in [0, 0.1) is 0 Å². The molecule has 3 aromatic rings. The van der Waals surface area contributed by atoms with Gasteiger partial charge < -0.3 is 9.88 Å². The Labute approximate surface area is 149 Å². The molecule has 0 radical (unpaired) electrons. The third-order valence-corrected chi connectivity index (χ3v) is 5.47. The summed E-state index contributed by atoms with van der Waals surface area (Å²) in [5, 5.41) is 8.48. The quantitative estimate of drug-likeness (QED) is 0.662. The highest BCUT2D eigenvalue weighted by atomic mass is 32.2. The Morgan fingerprint density at radius 1 is 1.24 bits per heavy atom. The van der Waals surface area contributed by atoms with Gasteiger partial charge in [0.25, 0.3) is 0 Å². The minimum Gasteiger partial charge on any atom is -0.325 e. The van der Waals surface area contributed by atoms with E-state index < -0.39 is 10.0 Å². The zero-order valence-corrected chi connectivity index (χ0v) is 15.0. The second kappa shape index (κ2) is 6.87. The van der Waals surface area contributed by atoms with Crippen molar-refractivity contribution in [2.24, 2.45) is 12.2 Å². The van der Waals surface area contributed by atoms with E-state index in [0.717, 1.165) is 16.2 Å². The molecule has 1 heterocycles. The number of hydrogen-bond acceptors (Lipinski definition) is 5. The predicted octanol–water partition coefficient (Wildman–Crippen LogP) is 1.95. The van der Waals surface area contributed by atoms with Crippen LogP contribution in [0.3, 0.4) is 0 Å². The summed E-state index contributed by atoms with van der Waals surface area (Å²) < 4.78 is 24.6. The minimum atomic E-state index is -3.81. The molecule has 3 N–H and O–H groups in total. The summed E-state index contributed by atoms with van der Waals surface area (Å²) >= 11 is 1.31. The summed E-state index contributed by atoms with van der Waals surface area (Å²) in [5.41, 5.74) is 2.24. The number of nitrogens with zero attached hydrogens (tertiary/aromatic N) is 2. The maximum absolute atomic E-state index is 12.1. The van der Waals surface area contributed by atoms with Gasteiger partial charge in [-0.1, -0.05) is 30.0 Å². The number of benzene rings is 2. The first-order valence-electron chi connectivity index (χ1n) is 7.31. The van der Waals surface area contributed by atoms with Crippen molar-refractivity contribution in [3.63, 3.8) is 0 Å². The Morgan fingerprint density at radius 3 is 2.72 bits per heavy atom. The lowest BCUT2D eigenvalue weighted by Crippen LogP contribution is -2.16. The van der Waals surface area contributed by atoms with Gasteiger partial charge in [-0.2, -0.15) is 0 Å². The number of para-hydroxylation sites is 2. The number of primary sulfonamides is 1. The van der Waals surface area contributed by atoms with Crippen molar-refractivity contribution >= 4 is 44.4 Å². The molecule has 0 fully saturated rings. The number of anilines is 1. The van der Waals surface area contributed by atoms with Gasteiger partial charge in [0.05, 0.1) is 21.7 Å². The van der Waals surface area contributed by atoms with Crippen molar-refractivity contribution in [2.75, 3.05) is 11.1 Å². The maximum atomic E-state index is 12.1. The molecule has 0 aliphatic heterocycles. The van der Waals surface area contributed by atoms with Crippen LogP contribution in [0.5, 0.6) is 0 Å². The fourth-order valence-corrected chi connectivity index (χ4v) is 3.68. The van der Waals surface area contributed by atoms with E-state index in [1.165, 1.54) is 30.0 Å². The van der Waals surface area contributed by atoms with Crippen LogP contribution in [-0.4, -0.2) is 29.6 Å². The third-order valence-electron chi connectivity index (χ3n) is 3.52. The number of sulfonamides is 1. The highest BCUT2D eigenvalue weighted by Crippen LogP contribution is 2.23. The molecule has 130 valence electrons. The first-order chi connectivity index (χ1) is 11.8. The van der Waals surface area contributed by atoms with E-state index >= 15 is 0 Å². The highest BCUT2D eigenvalue weighted by molar-refractivity contribution is 7.99. The lowest BCUT2D eigenvalue weighted by Gasteiger charge is -2.06. The summed E-state index contributed by atoms with van der Waals surface area (Å²) in [7, 11) is -1.91. The molecule has 0 bridgehead atoms. The number of hydrogen-bond donors (Lipinski definition) is 2. The second-order valence-electron chi connectivity index (χ2n) is 5.35. The van der Waals surface area contributed by atoms with Crippen LogP contribution in [0.1, 0.15) is 0 Å². The Balaban J connectivity index is 1.68. The maximum Gasteiger partial charge on any atom is 0.238 e. The van der Waals surface area contributed by atoms with Crippen LogP contribution in [0.4, 0.5) is 5.69 Å². The molecular formula is C16H16N4O3S2. The molecule has 2 aromatic carbocycles. The molecule has 0 saturated carbocycles. The number of carbonyl (C=O) groups excluding carboxylic acids is 1. The summed E-state index contributed by atoms with van der Waals surface area (Å²) in [5.74, 6) is -0.111. The van der Waals surface area contributed by atoms with E-state index in [1.807, 2.05) is 35.9 Å². The summed E-state index contributed by atoms with van der Waals surface area (Å²) in [4.78, 5) is 16.6. The SMILES string of the molecule is Cn1c(SCC(=O)Nc2cccc(S(N)(=O)=O)c2)nc2ccccc21. The Morgan fingerprint density at radius 2 is 2.00 bits per heavy atom. The molecule has 1 aromatic heterocycles. The summed E-state index contributed by atoms with van der Waals surface area (Å²) in [6.07, 6.45) is 0. The molecule has 0 spiro atoms. The Hall–Kier alpha value is -2.36. The normalized spacial score (nSPS) is 11.6. The van der Waals surface area contributed by atoms with E-state index in [-0.39, 0.29) is 16.6 Å². The lowest BCUT2D eigenvalue weighted by atomic mass is 10.3. The number of aryl methyl sites for hydroxylation is 1. The van der Waals surface area contributed by atoms with Crippen molar-refractivity contribution in [1.29, 1.82) is 0 Å². The average molecular weight is 376 g/mol. The number of rotatable bonds is 5. The number of amides is 1. The van der Waals surface area contributed by atoms with Gasteiger partial charge in [-0.3, -0.25) is 4.79 Å². The number of carbonyl (C=O) groups is 1. The molecule has 9 heteroatoms. The van der Waals surface area contributed by atoms with Gasteiger partial charge in [0.15, 0.2) is 5.16 Å². The number of imidazole rings is 1. The lowest BCUT2D eigenvalue weighted by molar-refractivity contribution is -0.113. The van der Waals surface area contributed by atoms with Gasteiger partial charge >= 0.3 is 0 Å². The number of nitrogens with two attached hydrogens (primary N) is 1. The van der Waals surface area contributed by atoms with Crippen LogP contribution in [0.2, 0.25) is 0 Å². The molecule has 7 nitrogen and oxygen atoms in total. The van der Waals surface area contributed by atoms with Crippen LogP contribution >= 0.6 is 11.8 Å². The van der Waals surface area contributed by atoms with Crippen molar-refractivity contribution in [2.45, 2.75) is 10.1 Å². The van der Waals surface area contributed by atoms with Gasteiger partial charge in [0, 0.05) is 12.7 Å². The zero-order valence-electron chi connectivity index (χ0n) is 13.3. The first kappa shape index (κ1) is 17.5. The third kappa shape index (κ3) is 4.01. The first-order valence-corrected chi connectivity index (χ1v) is 9.85. The molecule has 1 amide bonds. The van der Waals surface area contributed by atoms with Gasteiger partial charge in [0.2, 0.25) is 15.9 Å². The number of aromatic nitrogens is 2. The van der Waals surface area contributed by atoms with E-state index in [4.69, 9.17) is 5.14 Å². The van der Waals surface area contributed by atoms with Gasteiger partial charge in [-0.25, -0.2) is 18.5 Å². The Bertz CT molecular complexity index is 1040. The standard InChI is InChI=1S/C16H16N4O3S2/c1-20-14-8-3-2-7-13(14)19-16(20)24-10-15(21)18-11-5-4-6-12(9-11)25(17,22)23/h2-9H,10H2,1H3,(H,18,21)(H2,17,22,23). The molecule has 0 aliphatic rings. The van der Waals surface area contributed by atoms with Crippen LogP contribution in [0.15, 0.2) is 58.6 Å². The van der Waals surface area contributed by atoms with Gasteiger partial charge in [-0.05, 0) is 30.3 Å². The fraction of sp³-hybridized carbons (Fsp3) is 0.125. The zero-order chi connectivity index (χ0) is 18.0. The number of fused-ring (bicyclic) bond motifs is 1. The fourth-order valence-electron chi connectivity index (χ4n) is 2.33. The van der Waals surface area contributed by atoms with Crippen molar-refractivity contribution in [1.82, 2.24) is 9.55 Å². The highest BCUT2D eigenvalue weighted by Gasteiger charge is 2.12. The molecule has 0 aliphatic carbocycles. The van der Waals surface area contributed by atoms with Gasteiger partial charge in [-0.15, -0.1) is 0 Å². The van der Waals surface area contributed by atoms with Crippen molar-refractivity contribution < 1.29 is 13.2 Å². The smallest absolute Gasteiger partial charge is 0.238 e. The molecule has 25 heavy (non-hydrogen) atoms. The van der Waals surface area contributed by atoms with E-state index in [0.29, 0.717) is 5.69 Å². The second-order valence-corrected chi connectivity index (χ2v) is 7.86. The van der Waals surface area contributed by atoms with Crippen molar-refractivity contribution in [3.8, 4) is 0 Å². The average Bonchev–Trinajstić information content (AvgIpc) is 2.89. The number of nitrogens with one attached hydrogen (secondary N) is 1. The summed E-state index contributed by atoms with van der Waals surface area (Å²) in [6.45, 7) is 0. The predicted molar refractivity (Wildman–Crippen MR) is 97.9 cm³/mol. The van der Waals surface area contributed by atoms with Crippen LogP contribution in [-0.2, 0) is 21.9 Å². The van der Waals surface area contributed by atoms with Crippen molar-refractivity contribution in [3.05, 3.63) is 48.5 Å². The van der Waals surface area contributed by atoms with Crippen LogP contribution in [0.25, 0.3) is 11.0 Å². The molecule has 0 unspecified atom stereocenters. The van der Waals surface area contributed by atoms with Crippen LogP contribution < -0.4 is 10.5 Å². The molecule has 3 rings (SSSR count). The minimum absolute atomic E-state index is 0.0479. The molecule has 0 saturated heterocycles. The van der Waals surface area contributed by atoms with E-state index in [2.05, 4.69) is 10.3 Å². The van der Waals surface area contributed by atoms with Gasteiger partial charge in [0.1, 0.15) is 0 Å². The summed E-state index contributed by atoms with van der Waals surface area (Å²) in [6, 6.07) is 13.6. The Kier molecular flexibility index (Phi) is 4.80. The largest absolute Gasteiger partial charge is 0.325 e.